The number of nitro groups is 1. The molecule has 7 heteroatoms. The molecule has 0 saturated carbocycles. The molecule has 1 aromatic heterocycles. The molecule has 0 radical (unpaired) electrons. The standard InChI is InChI=1S/C14H16N4O3/c1-8(2)13-16-12(15)9(3)14(17-13)21-11-6-4-5-10(7-11)18(19)20/h4-8H,1-3H3,(H2,15,16,17). The number of aromatic nitrogens is 2. The Morgan fingerprint density at radius 3 is 2.67 bits per heavy atom. The number of ether oxygens (including phenoxy) is 1. The van der Waals surface area contributed by atoms with Crippen molar-refractivity contribution >= 4 is 11.5 Å². The van der Waals surface area contributed by atoms with Crippen molar-refractivity contribution in [2.24, 2.45) is 0 Å². The summed E-state index contributed by atoms with van der Waals surface area (Å²) in [5, 5.41) is 10.8. The molecule has 0 aliphatic rings. The van der Waals surface area contributed by atoms with Crippen LogP contribution in [0, 0.1) is 17.0 Å². The fraction of sp³-hybridized carbons (Fsp3) is 0.286. The van der Waals surface area contributed by atoms with Gasteiger partial charge in [-0.1, -0.05) is 19.9 Å². The molecule has 0 fully saturated rings. The normalized spacial score (nSPS) is 10.7. The first-order valence-corrected chi connectivity index (χ1v) is 6.44. The van der Waals surface area contributed by atoms with Crippen LogP contribution >= 0.6 is 0 Å². The summed E-state index contributed by atoms with van der Waals surface area (Å²) in [6.45, 7) is 5.63. The van der Waals surface area contributed by atoms with E-state index in [1.807, 2.05) is 13.8 Å². The molecular weight excluding hydrogens is 272 g/mol. The van der Waals surface area contributed by atoms with E-state index in [2.05, 4.69) is 9.97 Å². The maximum atomic E-state index is 10.8. The van der Waals surface area contributed by atoms with Gasteiger partial charge in [-0.3, -0.25) is 10.1 Å². The second kappa shape index (κ2) is 5.74. The minimum Gasteiger partial charge on any atom is -0.438 e. The summed E-state index contributed by atoms with van der Waals surface area (Å²) in [4.78, 5) is 18.8. The number of nitrogen functional groups attached to an aromatic ring is 1. The van der Waals surface area contributed by atoms with Gasteiger partial charge in [0.25, 0.3) is 5.69 Å². The van der Waals surface area contributed by atoms with E-state index in [9.17, 15) is 10.1 Å². The molecule has 0 amide bonds. The molecule has 2 N–H and O–H groups in total. The van der Waals surface area contributed by atoms with Gasteiger partial charge in [-0.05, 0) is 13.0 Å². The number of non-ortho nitro benzene ring substituents is 1. The van der Waals surface area contributed by atoms with E-state index < -0.39 is 4.92 Å². The van der Waals surface area contributed by atoms with Crippen molar-refractivity contribution in [2.45, 2.75) is 26.7 Å². The van der Waals surface area contributed by atoms with Gasteiger partial charge in [-0.25, -0.2) is 4.98 Å². The van der Waals surface area contributed by atoms with E-state index in [4.69, 9.17) is 10.5 Å². The minimum absolute atomic E-state index is 0.0451. The summed E-state index contributed by atoms with van der Waals surface area (Å²) in [6.07, 6.45) is 0. The molecule has 7 nitrogen and oxygen atoms in total. The zero-order chi connectivity index (χ0) is 15.6. The molecule has 21 heavy (non-hydrogen) atoms. The van der Waals surface area contributed by atoms with Crippen LogP contribution in [-0.2, 0) is 0 Å². The Labute approximate surface area is 121 Å². The van der Waals surface area contributed by atoms with Gasteiger partial charge in [0.1, 0.15) is 17.4 Å². The number of anilines is 1. The molecule has 0 atom stereocenters. The Balaban J connectivity index is 2.39. The first-order chi connectivity index (χ1) is 9.88. The molecule has 1 aromatic carbocycles. The summed E-state index contributed by atoms with van der Waals surface area (Å²) in [6, 6.07) is 5.91. The Kier molecular flexibility index (Phi) is 4.02. The third-order valence-corrected chi connectivity index (χ3v) is 2.92. The van der Waals surface area contributed by atoms with Crippen LogP contribution in [0.3, 0.4) is 0 Å². The van der Waals surface area contributed by atoms with Crippen molar-refractivity contribution in [2.75, 3.05) is 5.73 Å². The molecule has 0 aliphatic heterocycles. The zero-order valence-electron chi connectivity index (χ0n) is 12.0. The summed E-state index contributed by atoms with van der Waals surface area (Å²) in [5.41, 5.74) is 6.41. The van der Waals surface area contributed by atoms with Crippen LogP contribution in [0.5, 0.6) is 11.6 Å². The quantitative estimate of drug-likeness (QED) is 0.684. The van der Waals surface area contributed by atoms with Crippen LogP contribution in [0.2, 0.25) is 0 Å². The Morgan fingerprint density at radius 2 is 2.05 bits per heavy atom. The number of hydrogen-bond donors (Lipinski definition) is 1. The van der Waals surface area contributed by atoms with Crippen LogP contribution in [0.15, 0.2) is 24.3 Å². The molecule has 110 valence electrons. The van der Waals surface area contributed by atoms with Crippen molar-refractivity contribution in [3.8, 4) is 11.6 Å². The number of rotatable bonds is 4. The summed E-state index contributed by atoms with van der Waals surface area (Å²) in [5.74, 6) is 1.65. The van der Waals surface area contributed by atoms with Crippen molar-refractivity contribution in [1.29, 1.82) is 0 Å². The first kappa shape index (κ1) is 14.7. The SMILES string of the molecule is Cc1c(N)nc(C(C)C)nc1Oc1cccc([N+](=O)[O-])c1. The lowest BCUT2D eigenvalue weighted by atomic mass is 10.2. The average Bonchev–Trinajstić information content (AvgIpc) is 2.43. The van der Waals surface area contributed by atoms with Gasteiger partial charge in [0.05, 0.1) is 16.6 Å². The molecule has 0 spiro atoms. The number of hydrogen-bond acceptors (Lipinski definition) is 6. The maximum Gasteiger partial charge on any atom is 0.273 e. The van der Waals surface area contributed by atoms with E-state index >= 15 is 0 Å². The molecular formula is C14H16N4O3. The summed E-state index contributed by atoms with van der Waals surface area (Å²) < 4.78 is 5.64. The van der Waals surface area contributed by atoms with Gasteiger partial charge in [0.2, 0.25) is 5.88 Å². The van der Waals surface area contributed by atoms with Gasteiger partial charge in [0, 0.05) is 12.0 Å². The Hall–Kier alpha value is -2.70. The Bertz CT molecular complexity index is 686. The molecule has 2 rings (SSSR count). The van der Waals surface area contributed by atoms with E-state index in [0.717, 1.165) is 0 Å². The molecule has 0 saturated heterocycles. The second-order valence-electron chi connectivity index (χ2n) is 4.91. The number of nitro benzene ring substituents is 1. The van der Waals surface area contributed by atoms with Gasteiger partial charge in [-0.2, -0.15) is 4.98 Å². The van der Waals surface area contributed by atoms with E-state index in [1.54, 1.807) is 19.1 Å². The van der Waals surface area contributed by atoms with Crippen LogP contribution in [0.1, 0.15) is 31.2 Å². The van der Waals surface area contributed by atoms with Gasteiger partial charge in [-0.15, -0.1) is 0 Å². The highest BCUT2D eigenvalue weighted by atomic mass is 16.6. The van der Waals surface area contributed by atoms with E-state index in [0.29, 0.717) is 28.8 Å². The molecule has 2 aromatic rings. The van der Waals surface area contributed by atoms with Gasteiger partial charge >= 0.3 is 0 Å². The fourth-order valence-electron chi connectivity index (χ4n) is 1.66. The first-order valence-electron chi connectivity index (χ1n) is 6.44. The lowest BCUT2D eigenvalue weighted by Crippen LogP contribution is -2.06. The lowest BCUT2D eigenvalue weighted by molar-refractivity contribution is -0.384. The zero-order valence-corrected chi connectivity index (χ0v) is 12.0. The van der Waals surface area contributed by atoms with Crippen LogP contribution in [0.25, 0.3) is 0 Å². The highest BCUT2D eigenvalue weighted by molar-refractivity contribution is 5.47. The van der Waals surface area contributed by atoms with Gasteiger partial charge < -0.3 is 10.5 Å². The van der Waals surface area contributed by atoms with Crippen LogP contribution in [-0.4, -0.2) is 14.9 Å². The van der Waals surface area contributed by atoms with Crippen LogP contribution < -0.4 is 10.5 Å². The molecule has 0 unspecified atom stereocenters. The topological polar surface area (TPSA) is 104 Å². The molecule has 1 heterocycles. The van der Waals surface area contributed by atoms with E-state index in [-0.39, 0.29) is 11.6 Å². The van der Waals surface area contributed by atoms with Crippen molar-refractivity contribution in [1.82, 2.24) is 9.97 Å². The fourth-order valence-corrected chi connectivity index (χ4v) is 1.66. The number of nitrogens with zero attached hydrogens (tertiary/aromatic N) is 3. The van der Waals surface area contributed by atoms with Crippen molar-refractivity contribution < 1.29 is 9.66 Å². The summed E-state index contributed by atoms with van der Waals surface area (Å²) in [7, 11) is 0. The third-order valence-electron chi connectivity index (χ3n) is 2.92. The predicted molar refractivity (Wildman–Crippen MR) is 78.4 cm³/mol. The molecule has 0 aliphatic carbocycles. The van der Waals surface area contributed by atoms with E-state index in [1.165, 1.54) is 12.1 Å². The minimum atomic E-state index is -0.479. The second-order valence-corrected chi connectivity index (χ2v) is 4.91. The predicted octanol–water partition coefficient (Wildman–Crippen LogP) is 3.19. The number of nitrogens with two attached hydrogens (primary N) is 1. The highest BCUT2D eigenvalue weighted by Crippen LogP contribution is 2.29. The molecule has 0 bridgehead atoms. The number of benzene rings is 1. The third kappa shape index (κ3) is 3.25. The maximum absolute atomic E-state index is 10.8. The van der Waals surface area contributed by atoms with Crippen molar-refractivity contribution in [3.63, 3.8) is 0 Å². The Morgan fingerprint density at radius 1 is 1.33 bits per heavy atom. The average molecular weight is 288 g/mol. The monoisotopic (exact) mass is 288 g/mol. The lowest BCUT2D eigenvalue weighted by Gasteiger charge is -2.12. The van der Waals surface area contributed by atoms with Crippen molar-refractivity contribution in [3.05, 3.63) is 45.8 Å². The highest BCUT2D eigenvalue weighted by Gasteiger charge is 2.14. The van der Waals surface area contributed by atoms with Gasteiger partial charge in [0.15, 0.2) is 0 Å². The smallest absolute Gasteiger partial charge is 0.273 e. The van der Waals surface area contributed by atoms with Crippen LogP contribution in [0.4, 0.5) is 11.5 Å². The summed E-state index contributed by atoms with van der Waals surface area (Å²) >= 11 is 0. The largest absolute Gasteiger partial charge is 0.438 e.